The summed E-state index contributed by atoms with van der Waals surface area (Å²) in [5.41, 5.74) is 2.93. The highest BCUT2D eigenvalue weighted by Gasteiger charge is 2.18. The maximum Gasteiger partial charge on any atom is 0.338 e. The van der Waals surface area contributed by atoms with E-state index >= 15 is 0 Å². The third-order valence-electron chi connectivity index (χ3n) is 5.20. The summed E-state index contributed by atoms with van der Waals surface area (Å²) in [4.78, 5) is 16.2. The summed E-state index contributed by atoms with van der Waals surface area (Å²) in [5, 5.41) is 11.5. The summed E-state index contributed by atoms with van der Waals surface area (Å²) in [6, 6.07) is 10.7. The first-order chi connectivity index (χ1) is 15.9. The van der Waals surface area contributed by atoms with Gasteiger partial charge in [0.25, 0.3) is 0 Å². The number of carbonyl (C=O) groups is 1. The standard InChI is InChI=1S/C24H19Cl2N3O4/c1-31-15-4-5-17-18(9-15)23(13-6-14(24(30)33-3)8-16(7-13)32-2)29-28-22(17)10-19-20(25)11-27-12-21(19)26/h4-9,11-12H,10H2,1-3H3. The Morgan fingerprint density at radius 1 is 0.879 bits per heavy atom. The maximum absolute atomic E-state index is 12.2. The van der Waals surface area contributed by atoms with Crippen LogP contribution in [-0.2, 0) is 11.2 Å². The molecule has 0 atom stereocenters. The van der Waals surface area contributed by atoms with Gasteiger partial charge in [0, 0.05) is 35.2 Å². The Morgan fingerprint density at radius 3 is 2.27 bits per heavy atom. The van der Waals surface area contributed by atoms with Crippen molar-refractivity contribution in [2.75, 3.05) is 21.3 Å². The van der Waals surface area contributed by atoms with Crippen molar-refractivity contribution in [1.82, 2.24) is 15.2 Å². The average Bonchev–Trinajstić information content (AvgIpc) is 2.84. The first-order valence-electron chi connectivity index (χ1n) is 9.84. The number of fused-ring (bicyclic) bond motifs is 1. The van der Waals surface area contributed by atoms with Crippen LogP contribution in [0.3, 0.4) is 0 Å². The molecule has 0 radical (unpaired) electrons. The van der Waals surface area contributed by atoms with Gasteiger partial charge in [0.1, 0.15) is 17.2 Å². The molecule has 4 aromatic rings. The largest absolute Gasteiger partial charge is 0.497 e. The van der Waals surface area contributed by atoms with E-state index in [1.807, 2.05) is 18.2 Å². The number of aromatic nitrogens is 3. The van der Waals surface area contributed by atoms with Gasteiger partial charge >= 0.3 is 5.97 Å². The summed E-state index contributed by atoms with van der Waals surface area (Å²) in [7, 11) is 4.44. The Balaban J connectivity index is 1.93. The monoisotopic (exact) mass is 483 g/mol. The summed E-state index contributed by atoms with van der Waals surface area (Å²) in [5.74, 6) is 0.660. The number of methoxy groups -OCH3 is 3. The second-order valence-corrected chi connectivity index (χ2v) is 7.92. The van der Waals surface area contributed by atoms with Crippen LogP contribution >= 0.6 is 23.2 Å². The van der Waals surface area contributed by atoms with Crippen LogP contribution in [0.4, 0.5) is 0 Å². The van der Waals surface area contributed by atoms with Crippen LogP contribution in [0, 0.1) is 0 Å². The van der Waals surface area contributed by atoms with Crippen molar-refractivity contribution in [3.63, 3.8) is 0 Å². The Bertz CT molecular complexity index is 1340. The van der Waals surface area contributed by atoms with Gasteiger partial charge in [0.05, 0.1) is 42.6 Å². The van der Waals surface area contributed by atoms with Crippen LogP contribution in [0.15, 0.2) is 48.8 Å². The number of pyridine rings is 1. The predicted molar refractivity (Wildman–Crippen MR) is 126 cm³/mol. The first kappa shape index (κ1) is 22.8. The van der Waals surface area contributed by atoms with Crippen LogP contribution in [-0.4, -0.2) is 42.5 Å². The van der Waals surface area contributed by atoms with Gasteiger partial charge in [-0.05, 0) is 42.0 Å². The minimum atomic E-state index is -0.483. The van der Waals surface area contributed by atoms with E-state index in [1.54, 1.807) is 37.7 Å². The molecule has 0 unspecified atom stereocenters. The molecule has 33 heavy (non-hydrogen) atoms. The normalized spacial score (nSPS) is 10.8. The fourth-order valence-corrected chi connectivity index (χ4v) is 4.02. The summed E-state index contributed by atoms with van der Waals surface area (Å²) < 4.78 is 15.7. The van der Waals surface area contributed by atoms with Gasteiger partial charge in [-0.15, -0.1) is 5.10 Å². The Morgan fingerprint density at radius 2 is 1.61 bits per heavy atom. The van der Waals surface area contributed by atoms with Gasteiger partial charge in [0.2, 0.25) is 0 Å². The second kappa shape index (κ2) is 9.60. The number of rotatable bonds is 6. The molecule has 0 aliphatic heterocycles. The molecule has 2 aromatic heterocycles. The second-order valence-electron chi connectivity index (χ2n) is 7.11. The fraction of sp³-hybridized carbons (Fsp3) is 0.167. The molecule has 0 aliphatic rings. The van der Waals surface area contributed by atoms with E-state index in [9.17, 15) is 4.79 Å². The molecule has 0 N–H and O–H groups in total. The number of halogens is 2. The Hall–Kier alpha value is -3.42. The minimum absolute atomic E-state index is 0.337. The van der Waals surface area contributed by atoms with Gasteiger partial charge in [-0.2, -0.15) is 5.10 Å². The van der Waals surface area contributed by atoms with Crippen molar-refractivity contribution in [3.05, 3.63) is 75.7 Å². The molecule has 7 nitrogen and oxygen atoms in total. The number of hydrogen-bond acceptors (Lipinski definition) is 7. The van der Waals surface area contributed by atoms with Crippen LogP contribution < -0.4 is 9.47 Å². The van der Waals surface area contributed by atoms with Crippen molar-refractivity contribution >= 4 is 39.9 Å². The van der Waals surface area contributed by atoms with Gasteiger partial charge in [0.15, 0.2) is 0 Å². The quantitative estimate of drug-likeness (QED) is 0.339. The third-order valence-corrected chi connectivity index (χ3v) is 5.85. The highest BCUT2D eigenvalue weighted by atomic mass is 35.5. The lowest BCUT2D eigenvalue weighted by molar-refractivity contribution is 0.0600. The SMILES string of the molecule is COC(=O)c1cc(OC)cc(-c2nnc(Cc3c(Cl)cncc3Cl)c3ccc(OC)cc23)c1. The highest BCUT2D eigenvalue weighted by molar-refractivity contribution is 6.35. The zero-order valence-corrected chi connectivity index (χ0v) is 19.6. The predicted octanol–water partition coefficient (Wildman–Crippen LogP) is 5.39. The number of carbonyl (C=O) groups excluding carboxylic acids is 1. The van der Waals surface area contributed by atoms with Crippen LogP contribution in [0.5, 0.6) is 11.5 Å². The number of esters is 1. The lowest BCUT2D eigenvalue weighted by Crippen LogP contribution is -2.04. The zero-order valence-electron chi connectivity index (χ0n) is 18.1. The molecule has 0 fully saturated rings. The molecule has 168 valence electrons. The number of nitrogens with zero attached hydrogens (tertiary/aromatic N) is 3. The van der Waals surface area contributed by atoms with Crippen LogP contribution in [0.1, 0.15) is 21.6 Å². The molecule has 4 rings (SSSR count). The first-order valence-corrected chi connectivity index (χ1v) is 10.6. The van der Waals surface area contributed by atoms with E-state index in [0.29, 0.717) is 56.0 Å². The van der Waals surface area contributed by atoms with Crippen molar-refractivity contribution < 1.29 is 19.0 Å². The number of hydrogen-bond donors (Lipinski definition) is 0. The molecule has 0 aliphatic carbocycles. The molecule has 0 saturated carbocycles. The molecule has 0 amide bonds. The molecule has 0 spiro atoms. The molecular weight excluding hydrogens is 465 g/mol. The highest BCUT2D eigenvalue weighted by Crippen LogP contribution is 2.35. The Kier molecular flexibility index (Phi) is 6.62. The molecule has 2 heterocycles. The topological polar surface area (TPSA) is 83.4 Å². The minimum Gasteiger partial charge on any atom is -0.497 e. The van der Waals surface area contributed by atoms with Crippen molar-refractivity contribution in [2.24, 2.45) is 0 Å². The average molecular weight is 484 g/mol. The lowest BCUT2D eigenvalue weighted by Gasteiger charge is -2.13. The van der Waals surface area contributed by atoms with Gasteiger partial charge < -0.3 is 14.2 Å². The fourth-order valence-electron chi connectivity index (χ4n) is 3.52. The molecule has 2 aromatic carbocycles. The maximum atomic E-state index is 12.2. The van der Waals surface area contributed by atoms with Crippen molar-refractivity contribution in [3.8, 4) is 22.8 Å². The van der Waals surface area contributed by atoms with Crippen molar-refractivity contribution in [2.45, 2.75) is 6.42 Å². The van der Waals surface area contributed by atoms with Crippen molar-refractivity contribution in [1.29, 1.82) is 0 Å². The van der Waals surface area contributed by atoms with Crippen LogP contribution in [0.25, 0.3) is 22.0 Å². The molecule has 9 heteroatoms. The van der Waals surface area contributed by atoms with E-state index in [2.05, 4.69) is 15.2 Å². The van der Waals surface area contributed by atoms with E-state index in [1.165, 1.54) is 14.2 Å². The zero-order chi connectivity index (χ0) is 23.5. The van der Waals surface area contributed by atoms with E-state index in [-0.39, 0.29) is 0 Å². The van der Waals surface area contributed by atoms with Gasteiger partial charge in [-0.1, -0.05) is 23.2 Å². The molecule has 0 bridgehead atoms. The number of benzene rings is 2. The summed E-state index contributed by atoms with van der Waals surface area (Å²) in [6.45, 7) is 0. The number of ether oxygens (including phenoxy) is 3. The van der Waals surface area contributed by atoms with Crippen LogP contribution in [0.2, 0.25) is 10.0 Å². The molecular formula is C24H19Cl2N3O4. The van der Waals surface area contributed by atoms with E-state index < -0.39 is 5.97 Å². The smallest absolute Gasteiger partial charge is 0.338 e. The van der Waals surface area contributed by atoms with E-state index in [0.717, 1.165) is 10.8 Å². The third kappa shape index (κ3) is 4.55. The van der Waals surface area contributed by atoms with Gasteiger partial charge in [-0.3, -0.25) is 4.98 Å². The van der Waals surface area contributed by atoms with Gasteiger partial charge in [-0.25, -0.2) is 4.79 Å². The summed E-state index contributed by atoms with van der Waals surface area (Å²) in [6.07, 6.45) is 3.45. The van der Waals surface area contributed by atoms with E-state index in [4.69, 9.17) is 37.4 Å². The Labute approximate surface area is 200 Å². The lowest BCUT2D eigenvalue weighted by atomic mass is 9.99. The molecule has 0 saturated heterocycles. The summed E-state index contributed by atoms with van der Waals surface area (Å²) >= 11 is 12.7.